The van der Waals surface area contributed by atoms with Crippen molar-refractivity contribution in [3.05, 3.63) is 94.3 Å². The lowest BCUT2D eigenvalue weighted by molar-refractivity contribution is 0.742. The van der Waals surface area contributed by atoms with Crippen molar-refractivity contribution in [2.45, 2.75) is 19.3 Å². The van der Waals surface area contributed by atoms with Gasteiger partial charge in [0.2, 0.25) is 0 Å². The Morgan fingerprint density at radius 1 is 1.12 bits per heavy atom. The fourth-order valence-corrected chi connectivity index (χ4v) is 4.18. The Hall–Kier alpha value is -4.33. The highest BCUT2D eigenvalue weighted by molar-refractivity contribution is 5.94. The lowest BCUT2D eigenvalue weighted by Gasteiger charge is -2.13. The summed E-state index contributed by atoms with van der Waals surface area (Å²) in [6.45, 7) is 0.564. The first-order valence-corrected chi connectivity index (χ1v) is 10.9. The zero-order chi connectivity index (χ0) is 22.8. The quantitative estimate of drug-likeness (QED) is 0.152. The van der Waals surface area contributed by atoms with Gasteiger partial charge in [-0.1, -0.05) is 48.5 Å². The minimum atomic E-state index is -0.105. The molecule has 0 fully saturated rings. The Labute approximate surface area is 190 Å². The van der Waals surface area contributed by atoms with E-state index in [1.54, 1.807) is 4.57 Å². The zero-order valence-electron chi connectivity index (χ0n) is 18.1. The average molecular weight is 440 g/mol. The van der Waals surface area contributed by atoms with Crippen molar-refractivity contribution < 1.29 is 0 Å². The third-order valence-electron chi connectivity index (χ3n) is 5.76. The first-order valence-electron chi connectivity index (χ1n) is 10.9. The molecule has 1 aromatic heterocycles. The number of hydrogen-bond acceptors (Lipinski definition) is 3. The normalized spacial score (nSPS) is 11.3. The van der Waals surface area contributed by atoms with Crippen LogP contribution in [0.5, 0.6) is 0 Å². The van der Waals surface area contributed by atoms with Gasteiger partial charge in [-0.2, -0.15) is 0 Å². The zero-order valence-corrected chi connectivity index (χ0v) is 18.1. The summed E-state index contributed by atoms with van der Waals surface area (Å²) in [5.74, 6) is 0.585. The number of H-pyrrole nitrogens is 2. The maximum Gasteiger partial charge on any atom is 0.278 e. The molecule has 2 aromatic carbocycles. The van der Waals surface area contributed by atoms with E-state index >= 15 is 0 Å². The topological polar surface area (TPSA) is 128 Å². The standard InChI is InChI=1S/C25H25N7O/c26-25(27)28-12-6-11-20-23-31-21(13-16-7-2-1-3-8-16)24(33)32(23)15-22(30-20)18-14-29-19-10-5-4-9-17(18)19/h1-5,7-10,14-15,29-30H,6,11-13H2,(H4,26,27,28). The van der Waals surface area contributed by atoms with E-state index in [1.807, 2.05) is 60.9 Å². The Kier molecular flexibility index (Phi) is 5.40. The van der Waals surface area contributed by atoms with Gasteiger partial charge in [-0.15, -0.1) is 0 Å². The Bertz CT molecular complexity index is 1440. The molecule has 0 saturated heterocycles. The lowest BCUT2D eigenvalue weighted by Crippen LogP contribution is -2.31. The number of aromatic nitrogens is 4. The van der Waals surface area contributed by atoms with Gasteiger partial charge in [-0.3, -0.25) is 14.8 Å². The summed E-state index contributed by atoms with van der Waals surface area (Å²) in [5.41, 5.74) is 10.6. The molecule has 8 heteroatoms. The number of fused-ring (bicyclic) bond motifs is 2. The second-order valence-corrected chi connectivity index (χ2v) is 8.06. The molecule has 2 aliphatic rings. The first-order chi connectivity index (χ1) is 16.1. The molecular formula is C25H25N7O. The Morgan fingerprint density at radius 3 is 2.73 bits per heavy atom. The van der Waals surface area contributed by atoms with Crippen molar-refractivity contribution in [3.8, 4) is 17.1 Å². The highest BCUT2D eigenvalue weighted by Gasteiger charge is 2.21. The molecule has 0 spiro atoms. The van der Waals surface area contributed by atoms with Crippen molar-refractivity contribution in [1.82, 2.24) is 24.8 Å². The molecule has 0 aliphatic carbocycles. The smallest absolute Gasteiger partial charge is 0.278 e. The highest BCUT2D eigenvalue weighted by Crippen LogP contribution is 2.29. The van der Waals surface area contributed by atoms with Gasteiger partial charge >= 0.3 is 0 Å². The number of para-hydroxylation sites is 1. The van der Waals surface area contributed by atoms with Gasteiger partial charge < -0.3 is 21.0 Å². The minimum absolute atomic E-state index is 0.0514. The molecule has 0 unspecified atom stereocenters. The number of aryl methyl sites for hydroxylation is 1. The van der Waals surface area contributed by atoms with E-state index in [2.05, 4.69) is 21.4 Å². The number of nitrogens with one attached hydrogen (secondary N) is 4. The summed E-state index contributed by atoms with van der Waals surface area (Å²) in [6, 6.07) is 18.0. The number of benzene rings is 2. The van der Waals surface area contributed by atoms with Crippen LogP contribution in [0.15, 0.2) is 71.8 Å². The van der Waals surface area contributed by atoms with Crippen LogP contribution in [0.25, 0.3) is 28.0 Å². The first kappa shape index (κ1) is 20.6. The van der Waals surface area contributed by atoms with Crippen LogP contribution >= 0.6 is 0 Å². The third kappa shape index (κ3) is 4.10. The highest BCUT2D eigenvalue weighted by atomic mass is 16.1. The van der Waals surface area contributed by atoms with Crippen LogP contribution in [0.4, 0.5) is 0 Å². The molecule has 0 amide bonds. The average Bonchev–Trinajstić information content (AvgIpc) is 3.39. The van der Waals surface area contributed by atoms with Crippen LogP contribution in [-0.2, 0) is 12.8 Å². The molecule has 0 bridgehead atoms. The van der Waals surface area contributed by atoms with Gasteiger partial charge in [0.15, 0.2) is 11.8 Å². The Balaban J connectivity index is 1.59. The van der Waals surface area contributed by atoms with E-state index in [0.717, 1.165) is 39.8 Å². The summed E-state index contributed by atoms with van der Waals surface area (Å²) in [6.07, 6.45) is 5.66. The van der Waals surface area contributed by atoms with E-state index < -0.39 is 0 Å². The van der Waals surface area contributed by atoms with E-state index in [0.29, 0.717) is 30.9 Å². The third-order valence-corrected chi connectivity index (χ3v) is 5.76. The number of guanidine groups is 1. The van der Waals surface area contributed by atoms with Crippen molar-refractivity contribution in [2.24, 2.45) is 5.73 Å². The van der Waals surface area contributed by atoms with E-state index in [4.69, 9.17) is 16.1 Å². The predicted octanol–water partition coefficient (Wildman–Crippen LogP) is 3.15. The number of nitrogens with two attached hydrogens (primary N) is 1. The summed E-state index contributed by atoms with van der Waals surface area (Å²) in [4.78, 5) is 24.9. The number of nitrogens with zero attached hydrogens (tertiary/aromatic N) is 2. The van der Waals surface area contributed by atoms with Crippen LogP contribution in [-0.4, -0.2) is 32.0 Å². The van der Waals surface area contributed by atoms with Crippen LogP contribution in [0.3, 0.4) is 0 Å². The molecule has 3 heterocycles. The maximum absolute atomic E-state index is 13.3. The van der Waals surface area contributed by atoms with E-state index in [9.17, 15) is 4.79 Å². The molecule has 166 valence electrons. The van der Waals surface area contributed by atoms with Gasteiger partial charge in [0.25, 0.3) is 5.56 Å². The second kappa shape index (κ2) is 8.66. The number of imidazole rings is 1. The van der Waals surface area contributed by atoms with Crippen molar-refractivity contribution in [1.29, 1.82) is 5.41 Å². The molecule has 8 nitrogen and oxygen atoms in total. The number of aromatic amines is 2. The van der Waals surface area contributed by atoms with Crippen LogP contribution in [0.2, 0.25) is 0 Å². The molecular weight excluding hydrogens is 414 g/mol. The molecule has 33 heavy (non-hydrogen) atoms. The Morgan fingerprint density at radius 2 is 1.91 bits per heavy atom. The molecule has 0 radical (unpaired) electrons. The summed E-state index contributed by atoms with van der Waals surface area (Å²) < 4.78 is 1.65. The minimum Gasteiger partial charge on any atom is -0.370 e. The maximum atomic E-state index is 13.3. The van der Waals surface area contributed by atoms with Crippen LogP contribution < -0.4 is 16.6 Å². The largest absolute Gasteiger partial charge is 0.370 e. The van der Waals surface area contributed by atoms with E-state index in [1.165, 1.54) is 0 Å². The molecule has 2 aliphatic heterocycles. The van der Waals surface area contributed by atoms with Gasteiger partial charge in [-0.05, 0) is 24.5 Å². The van der Waals surface area contributed by atoms with E-state index in [-0.39, 0.29) is 11.5 Å². The molecule has 0 saturated carbocycles. The summed E-state index contributed by atoms with van der Waals surface area (Å²) in [5, 5.41) is 11.3. The number of rotatable bonds is 7. The second-order valence-electron chi connectivity index (χ2n) is 8.06. The fraction of sp³-hybridized carbons (Fsp3) is 0.160. The van der Waals surface area contributed by atoms with Crippen LogP contribution in [0.1, 0.15) is 23.4 Å². The van der Waals surface area contributed by atoms with Gasteiger partial charge in [0.05, 0.1) is 11.4 Å². The SMILES string of the molecule is N=C(N)NCCCc1[nH]c(-c2c[nH]c3ccccc23)cn2c(=O)c(Cc3ccccc3)nc1-2. The van der Waals surface area contributed by atoms with Crippen LogP contribution in [0, 0.1) is 5.41 Å². The molecule has 5 rings (SSSR count). The summed E-state index contributed by atoms with van der Waals surface area (Å²) in [7, 11) is 0. The molecule has 3 aromatic rings. The molecule has 6 N–H and O–H groups in total. The lowest BCUT2D eigenvalue weighted by atomic mass is 10.1. The predicted molar refractivity (Wildman–Crippen MR) is 130 cm³/mol. The van der Waals surface area contributed by atoms with Gasteiger partial charge in [-0.25, -0.2) is 4.98 Å². The van der Waals surface area contributed by atoms with Gasteiger partial charge in [0, 0.05) is 41.8 Å². The van der Waals surface area contributed by atoms with Gasteiger partial charge in [0.1, 0.15) is 5.69 Å². The van der Waals surface area contributed by atoms with Crippen molar-refractivity contribution in [3.63, 3.8) is 0 Å². The van der Waals surface area contributed by atoms with Crippen molar-refractivity contribution in [2.75, 3.05) is 6.54 Å². The van der Waals surface area contributed by atoms with Crippen molar-refractivity contribution >= 4 is 16.9 Å². The molecule has 0 atom stereocenters. The monoisotopic (exact) mass is 439 g/mol. The summed E-state index contributed by atoms with van der Waals surface area (Å²) >= 11 is 0. The fourth-order valence-electron chi connectivity index (χ4n) is 4.18. The number of hydrogen-bond donors (Lipinski definition) is 5.